The van der Waals surface area contributed by atoms with Crippen molar-refractivity contribution in [2.75, 3.05) is 20.3 Å². The van der Waals surface area contributed by atoms with Crippen LogP contribution in [0.5, 0.6) is 5.75 Å². The lowest BCUT2D eigenvalue weighted by atomic mass is 9.86. The SMILES string of the molecule is COCCNC(=O)c1cc2c(nc(C)n2C)c2c1CCC1(Cc3ccccc3C1)O2. The van der Waals surface area contributed by atoms with Crippen LogP contribution in [0.2, 0.25) is 0 Å². The number of fused-ring (bicyclic) bond motifs is 4. The molecular weight excluding hydrogens is 378 g/mol. The number of rotatable bonds is 4. The molecule has 2 aliphatic rings. The molecule has 156 valence electrons. The Bertz CT molecular complexity index is 1120. The smallest absolute Gasteiger partial charge is 0.251 e. The maximum atomic E-state index is 13.0. The van der Waals surface area contributed by atoms with E-state index in [-0.39, 0.29) is 11.5 Å². The van der Waals surface area contributed by atoms with Gasteiger partial charge in [0, 0.05) is 44.7 Å². The Morgan fingerprint density at radius 2 is 2.03 bits per heavy atom. The third-order valence-corrected chi connectivity index (χ3v) is 6.59. The predicted octanol–water partition coefficient (Wildman–Crippen LogP) is 3.12. The van der Waals surface area contributed by atoms with Crippen LogP contribution in [0, 0.1) is 6.92 Å². The quantitative estimate of drug-likeness (QED) is 0.678. The maximum absolute atomic E-state index is 13.0. The minimum Gasteiger partial charge on any atom is -0.484 e. The zero-order valence-electron chi connectivity index (χ0n) is 17.7. The predicted molar refractivity (Wildman–Crippen MR) is 115 cm³/mol. The number of hydrogen-bond acceptors (Lipinski definition) is 4. The molecule has 0 unspecified atom stereocenters. The molecule has 0 atom stereocenters. The summed E-state index contributed by atoms with van der Waals surface area (Å²) in [5.74, 6) is 1.60. The minimum atomic E-state index is -0.250. The molecule has 3 aromatic rings. The van der Waals surface area contributed by atoms with E-state index >= 15 is 0 Å². The summed E-state index contributed by atoms with van der Waals surface area (Å²) in [5, 5.41) is 2.97. The number of ether oxygens (including phenoxy) is 2. The molecule has 1 spiro atoms. The summed E-state index contributed by atoms with van der Waals surface area (Å²) in [6.45, 7) is 2.94. The maximum Gasteiger partial charge on any atom is 0.251 e. The Kier molecular flexibility index (Phi) is 4.54. The summed E-state index contributed by atoms with van der Waals surface area (Å²) >= 11 is 0. The Labute approximate surface area is 176 Å². The normalized spacial score (nSPS) is 16.4. The Balaban J connectivity index is 1.58. The number of methoxy groups -OCH3 is 1. The lowest BCUT2D eigenvalue weighted by Crippen LogP contribution is -2.41. The Hall–Kier alpha value is -2.86. The van der Waals surface area contributed by atoms with Crippen LogP contribution in [0.4, 0.5) is 0 Å². The molecule has 2 heterocycles. The molecule has 6 heteroatoms. The van der Waals surface area contributed by atoms with Crippen molar-refractivity contribution in [3.8, 4) is 5.75 Å². The van der Waals surface area contributed by atoms with Crippen LogP contribution in [0.3, 0.4) is 0 Å². The first kappa shape index (κ1) is 19.1. The highest BCUT2D eigenvalue weighted by atomic mass is 16.5. The van der Waals surface area contributed by atoms with Crippen LogP contribution in [0.1, 0.15) is 39.3 Å². The van der Waals surface area contributed by atoms with Gasteiger partial charge in [0.25, 0.3) is 5.91 Å². The first-order valence-corrected chi connectivity index (χ1v) is 10.5. The van der Waals surface area contributed by atoms with E-state index in [1.165, 1.54) is 11.1 Å². The Morgan fingerprint density at radius 3 is 2.73 bits per heavy atom. The van der Waals surface area contributed by atoms with Crippen LogP contribution in [-0.4, -0.2) is 41.3 Å². The van der Waals surface area contributed by atoms with Crippen LogP contribution < -0.4 is 10.1 Å². The number of benzene rings is 2. The van der Waals surface area contributed by atoms with Crippen molar-refractivity contribution in [2.45, 2.75) is 38.2 Å². The molecule has 1 N–H and O–H groups in total. The number of imidazole rings is 1. The second-order valence-electron chi connectivity index (χ2n) is 8.47. The molecule has 1 aliphatic carbocycles. The van der Waals surface area contributed by atoms with E-state index in [2.05, 4.69) is 29.6 Å². The van der Waals surface area contributed by atoms with Crippen molar-refractivity contribution in [1.29, 1.82) is 0 Å². The highest BCUT2D eigenvalue weighted by molar-refractivity contribution is 6.01. The minimum absolute atomic E-state index is 0.0849. The number of aromatic nitrogens is 2. The average molecular weight is 405 g/mol. The van der Waals surface area contributed by atoms with Crippen molar-refractivity contribution in [2.24, 2.45) is 7.05 Å². The van der Waals surface area contributed by atoms with E-state index in [1.54, 1.807) is 7.11 Å². The van der Waals surface area contributed by atoms with E-state index in [1.807, 2.05) is 24.6 Å². The van der Waals surface area contributed by atoms with E-state index in [0.717, 1.165) is 53.9 Å². The third-order valence-electron chi connectivity index (χ3n) is 6.59. The van der Waals surface area contributed by atoms with Gasteiger partial charge >= 0.3 is 0 Å². The largest absolute Gasteiger partial charge is 0.484 e. The van der Waals surface area contributed by atoms with E-state index in [0.29, 0.717) is 18.7 Å². The number of nitrogens with one attached hydrogen (secondary N) is 1. The van der Waals surface area contributed by atoms with E-state index in [4.69, 9.17) is 14.5 Å². The van der Waals surface area contributed by atoms with Crippen LogP contribution in [-0.2, 0) is 31.0 Å². The number of amides is 1. The van der Waals surface area contributed by atoms with Crippen molar-refractivity contribution < 1.29 is 14.3 Å². The van der Waals surface area contributed by atoms with Crippen molar-refractivity contribution >= 4 is 16.9 Å². The number of aryl methyl sites for hydroxylation is 2. The van der Waals surface area contributed by atoms with Crippen molar-refractivity contribution in [3.63, 3.8) is 0 Å². The number of hydrogen-bond donors (Lipinski definition) is 1. The molecule has 5 rings (SSSR count). The fourth-order valence-corrected chi connectivity index (χ4v) is 4.90. The highest BCUT2D eigenvalue weighted by Gasteiger charge is 2.43. The standard InChI is InChI=1S/C24H27N3O3/c1-15-26-21-20(27(15)2)12-19(23(28)25-10-11-29-3)18-8-9-24(30-22(18)21)13-16-6-4-5-7-17(16)14-24/h4-7,12H,8-11,13-14H2,1-3H3,(H,25,28). The lowest BCUT2D eigenvalue weighted by Gasteiger charge is -2.36. The van der Waals surface area contributed by atoms with Crippen LogP contribution >= 0.6 is 0 Å². The molecule has 1 aromatic heterocycles. The van der Waals surface area contributed by atoms with Gasteiger partial charge in [-0.15, -0.1) is 0 Å². The molecule has 30 heavy (non-hydrogen) atoms. The van der Waals surface area contributed by atoms with Gasteiger partial charge in [-0.25, -0.2) is 4.98 Å². The average Bonchev–Trinajstić information content (AvgIpc) is 3.24. The molecule has 0 radical (unpaired) electrons. The fraction of sp³-hybridized carbons (Fsp3) is 0.417. The summed E-state index contributed by atoms with van der Waals surface area (Å²) in [4.78, 5) is 17.8. The molecule has 0 saturated carbocycles. The van der Waals surface area contributed by atoms with Crippen LogP contribution in [0.25, 0.3) is 11.0 Å². The monoisotopic (exact) mass is 405 g/mol. The summed E-state index contributed by atoms with van der Waals surface area (Å²) in [5.41, 5.74) is 5.91. The first-order valence-electron chi connectivity index (χ1n) is 10.5. The zero-order valence-corrected chi connectivity index (χ0v) is 17.7. The number of nitrogens with zero attached hydrogens (tertiary/aromatic N) is 2. The van der Waals surface area contributed by atoms with Crippen molar-refractivity contribution in [1.82, 2.24) is 14.9 Å². The molecule has 0 bridgehead atoms. The van der Waals surface area contributed by atoms with Gasteiger partial charge in [-0.2, -0.15) is 0 Å². The molecule has 1 aliphatic heterocycles. The fourth-order valence-electron chi connectivity index (χ4n) is 4.90. The molecule has 1 amide bonds. The van der Waals surface area contributed by atoms with Gasteiger partial charge in [0.15, 0.2) is 5.75 Å². The second-order valence-corrected chi connectivity index (χ2v) is 8.47. The van der Waals surface area contributed by atoms with Gasteiger partial charge in [0.05, 0.1) is 12.1 Å². The molecule has 0 fully saturated rings. The van der Waals surface area contributed by atoms with Gasteiger partial charge in [-0.1, -0.05) is 24.3 Å². The number of carbonyl (C=O) groups excluding carboxylic acids is 1. The zero-order chi connectivity index (χ0) is 20.9. The molecule has 6 nitrogen and oxygen atoms in total. The lowest BCUT2D eigenvalue weighted by molar-refractivity contribution is 0.0578. The first-order chi connectivity index (χ1) is 14.5. The van der Waals surface area contributed by atoms with Gasteiger partial charge < -0.3 is 19.4 Å². The highest BCUT2D eigenvalue weighted by Crippen LogP contribution is 2.45. The molecule has 2 aromatic carbocycles. The van der Waals surface area contributed by atoms with Gasteiger partial charge in [-0.05, 0) is 37.0 Å². The summed E-state index contributed by atoms with van der Waals surface area (Å²) in [6.07, 6.45) is 3.51. The molecule has 0 saturated heterocycles. The van der Waals surface area contributed by atoms with Gasteiger partial charge in [-0.3, -0.25) is 4.79 Å². The van der Waals surface area contributed by atoms with Crippen molar-refractivity contribution in [3.05, 3.63) is 58.4 Å². The van der Waals surface area contributed by atoms with Gasteiger partial charge in [0.2, 0.25) is 0 Å². The van der Waals surface area contributed by atoms with Crippen LogP contribution in [0.15, 0.2) is 30.3 Å². The topological polar surface area (TPSA) is 65.4 Å². The molecular formula is C24H27N3O3. The van der Waals surface area contributed by atoms with E-state index in [9.17, 15) is 4.79 Å². The number of carbonyl (C=O) groups is 1. The second kappa shape index (κ2) is 7.13. The summed E-state index contributed by atoms with van der Waals surface area (Å²) < 4.78 is 13.9. The third kappa shape index (κ3) is 2.98. The Morgan fingerprint density at radius 1 is 1.30 bits per heavy atom. The van der Waals surface area contributed by atoms with Gasteiger partial charge in [0.1, 0.15) is 16.9 Å². The summed E-state index contributed by atoms with van der Waals surface area (Å²) in [6, 6.07) is 10.5. The summed E-state index contributed by atoms with van der Waals surface area (Å²) in [7, 11) is 3.61. The van der Waals surface area contributed by atoms with E-state index < -0.39 is 0 Å².